The molecule has 0 aliphatic carbocycles. The average Bonchev–Trinajstić information content (AvgIpc) is 3.42. The van der Waals surface area contributed by atoms with Gasteiger partial charge in [0.25, 0.3) is 5.91 Å². The lowest BCUT2D eigenvalue weighted by Gasteiger charge is -2.21. The number of carbonyl (C=O) groups is 2. The van der Waals surface area contributed by atoms with Crippen LogP contribution in [0.2, 0.25) is 0 Å². The lowest BCUT2D eigenvalue weighted by Crippen LogP contribution is -2.30. The van der Waals surface area contributed by atoms with Crippen molar-refractivity contribution >= 4 is 28.9 Å². The zero-order chi connectivity index (χ0) is 24.5. The minimum absolute atomic E-state index is 0.0637. The van der Waals surface area contributed by atoms with Gasteiger partial charge in [0.05, 0.1) is 12.6 Å². The van der Waals surface area contributed by atoms with E-state index >= 15 is 0 Å². The molecule has 2 N–H and O–H groups in total. The molecule has 1 atom stereocenters. The summed E-state index contributed by atoms with van der Waals surface area (Å²) in [5, 5.41) is 5.96. The third kappa shape index (κ3) is 6.83. The van der Waals surface area contributed by atoms with Crippen molar-refractivity contribution in [2.24, 2.45) is 0 Å². The van der Waals surface area contributed by atoms with Crippen molar-refractivity contribution in [3.05, 3.63) is 84.4 Å². The second-order valence-electron chi connectivity index (χ2n) is 8.33. The molecule has 7 heteroatoms. The van der Waals surface area contributed by atoms with Crippen molar-refractivity contribution in [3.63, 3.8) is 0 Å². The molecular formula is C28H31N3O4. The summed E-state index contributed by atoms with van der Waals surface area (Å²) in [6.45, 7) is 3.98. The van der Waals surface area contributed by atoms with Crippen LogP contribution in [0.25, 0.3) is 0 Å². The lowest BCUT2D eigenvalue weighted by atomic mass is 10.1. The van der Waals surface area contributed by atoms with E-state index in [1.165, 1.54) is 0 Å². The van der Waals surface area contributed by atoms with Gasteiger partial charge in [-0.3, -0.25) is 9.59 Å². The second kappa shape index (κ2) is 12.0. The molecule has 0 radical (unpaired) electrons. The Kier molecular flexibility index (Phi) is 8.35. The largest absolute Gasteiger partial charge is 0.491 e. The monoisotopic (exact) mass is 473 g/mol. The van der Waals surface area contributed by atoms with Crippen LogP contribution in [0, 0.1) is 0 Å². The first kappa shape index (κ1) is 24.3. The highest BCUT2D eigenvalue weighted by Gasteiger charge is 2.17. The van der Waals surface area contributed by atoms with Crippen LogP contribution in [0.5, 0.6) is 5.75 Å². The number of hydrogen-bond acceptors (Lipinski definition) is 5. The Morgan fingerprint density at radius 2 is 1.69 bits per heavy atom. The number of rotatable bonds is 10. The van der Waals surface area contributed by atoms with Crippen molar-refractivity contribution in [2.45, 2.75) is 25.9 Å². The summed E-state index contributed by atoms with van der Waals surface area (Å²) in [5.74, 6) is 0.519. The molecule has 1 aliphatic rings. The highest BCUT2D eigenvalue weighted by atomic mass is 16.5. The summed E-state index contributed by atoms with van der Waals surface area (Å²) in [6.07, 6.45) is 2.29. The van der Waals surface area contributed by atoms with Crippen molar-refractivity contribution in [3.8, 4) is 5.75 Å². The van der Waals surface area contributed by atoms with Crippen LogP contribution < -0.4 is 20.3 Å². The van der Waals surface area contributed by atoms with Gasteiger partial charge in [-0.05, 0) is 80.4 Å². The van der Waals surface area contributed by atoms with Gasteiger partial charge < -0.3 is 25.0 Å². The Balaban J connectivity index is 1.24. The van der Waals surface area contributed by atoms with Gasteiger partial charge >= 0.3 is 0 Å². The van der Waals surface area contributed by atoms with Gasteiger partial charge in [0.1, 0.15) is 12.4 Å². The molecule has 1 saturated heterocycles. The minimum atomic E-state index is -0.167. The maximum Gasteiger partial charge on any atom is 0.258 e. The third-order valence-electron chi connectivity index (χ3n) is 5.81. The molecule has 1 heterocycles. The molecule has 7 nitrogen and oxygen atoms in total. The quantitative estimate of drug-likeness (QED) is 0.435. The first-order valence-electron chi connectivity index (χ1n) is 12.0. The van der Waals surface area contributed by atoms with E-state index < -0.39 is 0 Å². The second-order valence-corrected chi connectivity index (χ2v) is 8.33. The predicted molar refractivity (Wildman–Crippen MR) is 138 cm³/mol. The van der Waals surface area contributed by atoms with Crippen LogP contribution in [-0.2, 0) is 9.53 Å². The Morgan fingerprint density at radius 1 is 0.971 bits per heavy atom. The molecule has 3 aromatic carbocycles. The fourth-order valence-corrected chi connectivity index (χ4v) is 3.92. The maximum absolute atomic E-state index is 12.9. The molecule has 182 valence electrons. The van der Waals surface area contributed by atoms with Gasteiger partial charge in [0, 0.05) is 35.8 Å². The van der Waals surface area contributed by atoms with Gasteiger partial charge in [0.2, 0.25) is 5.91 Å². The van der Waals surface area contributed by atoms with Gasteiger partial charge in [-0.15, -0.1) is 0 Å². The van der Waals surface area contributed by atoms with Gasteiger partial charge in [-0.25, -0.2) is 0 Å². The molecule has 35 heavy (non-hydrogen) atoms. The maximum atomic E-state index is 12.9. The molecule has 2 amide bonds. The molecule has 3 aromatic rings. The molecule has 1 unspecified atom stereocenters. The highest BCUT2D eigenvalue weighted by molar-refractivity contribution is 6.06. The highest BCUT2D eigenvalue weighted by Crippen LogP contribution is 2.20. The fraction of sp³-hybridized carbons (Fsp3) is 0.286. The van der Waals surface area contributed by atoms with E-state index in [1.807, 2.05) is 61.5 Å². The SMILES string of the molecule is CCN(C(=O)c1ccc(NCC(=O)Nc2ccc(OCC3CCCO3)cc2)cc1)c1ccccc1. The molecule has 0 aromatic heterocycles. The lowest BCUT2D eigenvalue weighted by molar-refractivity contribution is -0.114. The first-order valence-corrected chi connectivity index (χ1v) is 12.0. The van der Waals surface area contributed by atoms with E-state index in [0.717, 1.165) is 36.6 Å². The Labute approximate surface area is 206 Å². The van der Waals surface area contributed by atoms with Crippen LogP contribution in [-0.4, -0.2) is 44.2 Å². The van der Waals surface area contributed by atoms with E-state index in [0.29, 0.717) is 24.4 Å². The van der Waals surface area contributed by atoms with Crippen LogP contribution in [0.1, 0.15) is 30.1 Å². The normalized spacial score (nSPS) is 14.8. The van der Waals surface area contributed by atoms with Crippen molar-refractivity contribution < 1.29 is 19.1 Å². The molecule has 0 spiro atoms. The molecule has 0 bridgehead atoms. The molecule has 0 saturated carbocycles. The third-order valence-corrected chi connectivity index (χ3v) is 5.81. The number of amides is 2. The Bertz CT molecular complexity index is 1100. The summed E-state index contributed by atoms with van der Waals surface area (Å²) >= 11 is 0. The number of ether oxygens (including phenoxy) is 2. The molecular weight excluding hydrogens is 442 g/mol. The zero-order valence-electron chi connectivity index (χ0n) is 19.9. The van der Waals surface area contributed by atoms with Crippen molar-refractivity contribution in [1.29, 1.82) is 0 Å². The van der Waals surface area contributed by atoms with Crippen LogP contribution in [0.15, 0.2) is 78.9 Å². The Morgan fingerprint density at radius 3 is 2.34 bits per heavy atom. The summed E-state index contributed by atoms with van der Waals surface area (Å²) in [6, 6.07) is 24.0. The van der Waals surface area contributed by atoms with Gasteiger partial charge in [0.15, 0.2) is 0 Å². The summed E-state index contributed by atoms with van der Waals surface area (Å²) in [7, 11) is 0. The van der Waals surface area contributed by atoms with E-state index in [2.05, 4.69) is 10.6 Å². The summed E-state index contributed by atoms with van der Waals surface area (Å²) in [4.78, 5) is 27.0. The molecule has 4 rings (SSSR count). The summed E-state index contributed by atoms with van der Waals surface area (Å²) < 4.78 is 11.3. The van der Waals surface area contributed by atoms with Crippen molar-refractivity contribution in [1.82, 2.24) is 0 Å². The van der Waals surface area contributed by atoms with Gasteiger partial charge in [-0.2, -0.15) is 0 Å². The van der Waals surface area contributed by atoms with E-state index in [4.69, 9.17) is 9.47 Å². The average molecular weight is 474 g/mol. The number of anilines is 3. The fourth-order valence-electron chi connectivity index (χ4n) is 3.92. The smallest absolute Gasteiger partial charge is 0.258 e. The topological polar surface area (TPSA) is 79.9 Å². The van der Waals surface area contributed by atoms with E-state index in [1.54, 1.807) is 29.2 Å². The zero-order valence-corrected chi connectivity index (χ0v) is 19.9. The van der Waals surface area contributed by atoms with Crippen molar-refractivity contribution in [2.75, 3.05) is 41.8 Å². The number of para-hydroxylation sites is 1. The van der Waals surface area contributed by atoms with Crippen LogP contribution in [0.3, 0.4) is 0 Å². The number of benzene rings is 3. The molecule has 1 fully saturated rings. The van der Waals surface area contributed by atoms with E-state index in [-0.39, 0.29) is 24.5 Å². The van der Waals surface area contributed by atoms with Gasteiger partial charge in [-0.1, -0.05) is 18.2 Å². The first-order chi connectivity index (χ1) is 17.1. The number of carbonyl (C=O) groups excluding carboxylic acids is 2. The number of nitrogens with zero attached hydrogens (tertiary/aromatic N) is 1. The number of nitrogens with one attached hydrogen (secondary N) is 2. The van der Waals surface area contributed by atoms with Crippen LogP contribution in [0.4, 0.5) is 17.1 Å². The number of hydrogen-bond donors (Lipinski definition) is 2. The van der Waals surface area contributed by atoms with E-state index in [9.17, 15) is 9.59 Å². The standard InChI is InChI=1S/C28H31N3O4/c1-2-31(24-7-4-3-5-8-24)28(33)21-10-12-22(13-11-21)29-19-27(32)30-23-14-16-25(17-15-23)35-20-26-9-6-18-34-26/h3-5,7-8,10-17,26,29H,2,6,9,18-20H2,1H3,(H,30,32). The molecule has 1 aliphatic heterocycles. The predicted octanol–water partition coefficient (Wildman–Crippen LogP) is 4.96. The Hall–Kier alpha value is -3.84. The summed E-state index contributed by atoms with van der Waals surface area (Å²) in [5.41, 5.74) is 2.91. The minimum Gasteiger partial charge on any atom is -0.491 e. The van der Waals surface area contributed by atoms with Crippen LogP contribution >= 0.6 is 0 Å².